The van der Waals surface area contributed by atoms with Gasteiger partial charge in [-0.1, -0.05) is 0 Å². The van der Waals surface area contributed by atoms with Crippen LogP contribution in [-0.4, -0.2) is 34.1 Å². The molecule has 1 aliphatic rings. The van der Waals surface area contributed by atoms with Crippen LogP contribution in [0.3, 0.4) is 0 Å². The monoisotopic (exact) mass is 408 g/mol. The maximum absolute atomic E-state index is 12.9. The molecular formula is C21H20N4O3S. The lowest BCUT2D eigenvalue weighted by molar-refractivity contribution is 0.0950. The summed E-state index contributed by atoms with van der Waals surface area (Å²) in [5.74, 6) is 0.607. The third-order valence-corrected chi connectivity index (χ3v) is 5.22. The van der Waals surface area contributed by atoms with Crippen molar-refractivity contribution >= 4 is 29.3 Å². The Labute approximate surface area is 172 Å². The third kappa shape index (κ3) is 4.32. The molecule has 2 amide bonds. The first-order valence-corrected chi connectivity index (χ1v) is 10.5. The van der Waals surface area contributed by atoms with E-state index >= 15 is 0 Å². The fraction of sp³-hybridized carbons (Fsp3) is 0.238. The van der Waals surface area contributed by atoms with E-state index in [4.69, 9.17) is 4.42 Å². The molecule has 2 aromatic heterocycles. The highest BCUT2D eigenvalue weighted by Gasteiger charge is 2.24. The summed E-state index contributed by atoms with van der Waals surface area (Å²) >= 11 is 1.37. The first kappa shape index (κ1) is 19.2. The average molecular weight is 408 g/mol. The highest BCUT2D eigenvalue weighted by Crippen LogP contribution is 2.26. The second-order valence-corrected chi connectivity index (χ2v) is 7.57. The van der Waals surface area contributed by atoms with Crippen LogP contribution < -0.4 is 10.6 Å². The van der Waals surface area contributed by atoms with Crippen molar-refractivity contribution in [3.8, 4) is 11.6 Å². The van der Waals surface area contributed by atoms with E-state index in [9.17, 15) is 9.59 Å². The molecule has 0 unspecified atom stereocenters. The van der Waals surface area contributed by atoms with Crippen LogP contribution in [0, 0.1) is 6.92 Å². The smallest absolute Gasteiger partial charge is 0.260 e. The van der Waals surface area contributed by atoms with Gasteiger partial charge in [-0.25, -0.2) is 9.97 Å². The number of hydrogen-bond donors (Lipinski definition) is 2. The van der Waals surface area contributed by atoms with Crippen molar-refractivity contribution in [2.24, 2.45) is 0 Å². The number of aryl methyl sites for hydroxylation is 1. The average Bonchev–Trinajstić information content (AvgIpc) is 3.36. The van der Waals surface area contributed by atoms with Crippen LogP contribution in [-0.2, 0) is 0 Å². The molecule has 0 atom stereocenters. The Balaban J connectivity index is 1.52. The van der Waals surface area contributed by atoms with Gasteiger partial charge in [0.2, 0.25) is 0 Å². The van der Waals surface area contributed by atoms with Gasteiger partial charge >= 0.3 is 0 Å². The van der Waals surface area contributed by atoms with Crippen molar-refractivity contribution in [1.29, 1.82) is 0 Å². The zero-order valence-corrected chi connectivity index (χ0v) is 16.9. The van der Waals surface area contributed by atoms with E-state index in [0.29, 0.717) is 45.2 Å². The lowest BCUT2D eigenvalue weighted by atomic mass is 10.1. The molecule has 0 radical (unpaired) electrons. The van der Waals surface area contributed by atoms with Crippen molar-refractivity contribution in [1.82, 2.24) is 15.3 Å². The van der Waals surface area contributed by atoms with Crippen LogP contribution in [0.4, 0.5) is 5.69 Å². The first-order chi connectivity index (χ1) is 14.0. The standard InChI is InChI=1S/C21H20N4O3S/c1-12-17(21(29-2)25-18(22-12)16-4-3-11-28-16)20(27)24-14-7-5-13(6-8-14)19(26)23-15-9-10-15/h3-8,11,15H,9-10H2,1-2H3,(H,23,26)(H,24,27). The Bertz CT molecular complexity index is 1040. The van der Waals surface area contributed by atoms with Crippen molar-refractivity contribution < 1.29 is 14.0 Å². The second kappa shape index (κ2) is 8.08. The predicted octanol–water partition coefficient (Wildman–Crippen LogP) is 3.91. The number of furan rings is 1. The number of carbonyl (C=O) groups excluding carboxylic acids is 2. The molecular weight excluding hydrogens is 388 g/mol. The Morgan fingerprint density at radius 1 is 1.10 bits per heavy atom. The highest BCUT2D eigenvalue weighted by atomic mass is 32.2. The fourth-order valence-electron chi connectivity index (χ4n) is 2.87. The molecule has 0 spiro atoms. The molecule has 29 heavy (non-hydrogen) atoms. The lowest BCUT2D eigenvalue weighted by Crippen LogP contribution is -2.25. The van der Waals surface area contributed by atoms with Crippen LogP contribution in [0.5, 0.6) is 0 Å². The molecule has 148 valence electrons. The summed E-state index contributed by atoms with van der Waals surface area (Å²) in [6, 6.07) is 10.7. The SMILES string of the molecule is CSc1nc(-c2ccco2)nc(C)c1C(=O)Nc1ccc(C(=O)NC2CC2)cc1. The molecule has 3 aromatic rings. The fourth-order valence-corrected chi connectivity index (χ4v) is 3.49. The van der Waals surface area contributed by atoms with Crippen LogP contribution >= 0.6 is 11.8 Å². The number of benzene rings is 1. The van der Waals surface area contributed by atoms with Crippen molar-refractivity contribution in [3.05, 3.63) is 59.5 Å². The Kier molecular flexibility index (Phi) is 5.35. The number of nitrogens with zero attached hydrogens (tertiary/aromatic N) is 2. The summed E-state index contributed by atoms with van der Waals surface area (Å²) in [6.07, 6.45) is 5.50. The number of amides is 2. The van der Waals surface area contributed by atoms with Crippen LogP contribution in [0.25, 0.3) is 11.6 Å². The Hall–Kier alpha value is -3.13. The number of anilines is 1. The van der Waals surface area contributed by atoms with Crippen LogP contribution in [0.2, 0.25) is 0 Å². The summed E-state index contributed by atoms with van der Waals surface area (Å²) in [7, 11) is 0. The summed E-state index contributed by atoms with van der Waals surface area (Å²) in [5, 5.41) is 6.37. The van der Waals surface area contributed by atoms with E-state index in [1.165, 1.54) is 11.8 Å². The molecule has 1 aromatic carbocycles. The van der Waals surface area contributed by atoms with Gasteiger partial charge in [-0.05, 0) is 62.4 Å². The molecule has 1 fully saturated rings. The number of thioether (sulfide) groups is 1. The van der Waals surface area contributed by atoms with Gasteiger partial charge in [0.05, 0.1) is 17.5 Å². The number of carbonyl (C=O) groups is 2. The predicted molar refractivity (Wildman–Crippen MR) is 111 cm³/mol. The molecule has 1 aliphatic carbocycles. The molecule has 8 heteroatoms. The second-order valence-electron chi connectivity index (χ2n) is 6.77. The molecule has 0 aliphatic heterocycles. The normalized spacial score (nSPS) is 13.2. The molecule has 4 rings (SSSR count). The van der Waals surface area contributed by atoms with E-state index in [1.807, 2.05) is 6.26 Å². The molecule has 2 N–H and O–H groups in total. The summed E-state index contributed by atoms with van der Waals surface area (Å²) in [5.41, 5.74) is 2.15. The van der Waals surface area contributed by atoms with Gasteiger partial charge in [-0.15, -0.1) is 11.8 Å². The van der Waals surface area contributed by atoms with Crippen LogP contribution in [0.15, 0.2) is 52.1 Å². The number of hydrogen-bond acceptors (Lipinski definition) is 6. The summed E-state index contributed by atoms with van der Waals surface area (Å²) in [4.78, 5) is 33.9. The minimum absolute atomic E-state index is 0.0900. The quantitative estimate of drug-likeness (QED) is 0.474. The van der Waals surface area contributed by atoms with Gasteiger partial charge in [0.15, 0.2) is 11.6 Å². The third-order valence-electron chi connectivity index (χ3n) is 4.54. The molecule has 1 saturated carbocycles. The molecule has 7 nitrogen and oxygen atoms in total. The topological polar surface area (TPSA) is 97.1 Å². The highest BCUT2D eigenvalue weighted by molar-refractivity contribution is 7.98. The van der Waals surface area contributed by atoms with E-state index in [2.05, 4.69) is 20.6 Å². The van der Waals surface area contributed by atoms with Gasteiger partial charge in [0, 0.05) is 17.3 Å². The van der Waals surface area contributed by atoms with E-state index in [1.54, 1.807) is 49.6 Å². The van der Waals surface area contributed by atoms with Gasteiger partial charge in [0.1, 0.15) is 5.03 Å². The zero-order chi connectivity index (χ0) is 20.4. The largest absolute Gasteiger partial charge is 0.461 e. The zero-order valence-electron chi connectivity index (χ0n) is 16.1. The maximum Gasteiger partial charge on any atom is 0.260 e. The van der Waals surface area contributed by atoms with Crippen molar-refractivity contribution in [3.63, 3.8) is 0 Å². The van der Waals surface area contributed by atoms with Crippen molar-refractivity contribution in [2.75, 3.05) is 11.6 Å². The van der Waals surface area contributed by atoms with Crippen LogP contribution in [0.1, 0.15) is 39.3 Å². The van der Waals surface area contributed by atoms with Gasteiger partial charge in [-0.3, -0.25) is 9.59 Å². The van der Waals surface area contributed by atoms with Gasteiger partial charge < -0.3 is 15.1 Å². The van der Waals surface area contributed by atoms with Crippen molar-refractivity contribution in [2.45, 2.75) is 30.8 Å². The minimum Gasteiger partial charge on any atom is -0.461 e. The Morgan fingerprint density at radius 3 is 2.48 bits per heavy atom. The summed E-state index contributed by atoms with van der Waals surface area (Å²) in [6.45, 7) is 1.77. The Morgan fingerprint density at radius 2 is 1.86 bits per heavy atom. The maximum atomic E-state index is 12.9. The number of aromatic nitrogens is 2. The van der Waals surface area contributed by atoms with E-state index < -0.39 is 0 Å². The number of rotatable bonds is 6. The number of nitrogens with one attached hydrogen (secondary N) is 2. The van der Waals surface area contributed by atoms with Gasteiger partial charge in [0.25, 0.3) is 11.8 Å². The lowest BCUT2D eigenvalue weighted by Gasteiger charge is -2.12. The molecule has 0 bridgehead atoms. The summed E-state index contributed by atoms with van der Waals surface area (Å²) < 4.78 is 5.36. The molecule has 2 heterocycles. The van der Waals surface area contributed by atoms with Gasteiger partial charge in [-0.2, -0.15) is 0 Å². The first-order valence-electron chi connectivity index (χ1n) is 9.24. The minimum atomic E-state index is -0.298. The molecule has 0 saturated heterocycles. The van der Waals surface area contributed by atoms with E-state index in [-0.39, 0.29) is 11.8 Å². The van der Waals surface area contributed by atoms with E-state index in [0.717, 1.165) is 12.8 Å².